The van der Waals surface area contributed by atoms with E-state index in [1.807, 2.05) is 14.0 Å². The smallest absolute Gasteiger partial charge is 0.254 e. The predicted molar refractivity (Wildman–Crippen MR) is 97.1 cm³/mol. The Balaban J connectivity index is 1.84. The van der Waals surface area contributed by atoms with Gasteiger partial charge in [0, 0.05) is 37.3 Å². The summed E-state index contributed by atoms with van der Waals surface area (Å²) in [5.74, 6) is -0.0997. The minimum atomic E-state index is -3.57. The summed E-state index contributed by atoms with van der Waals surface area (Å²) in [7, 11) is -1.74. The minimum Gasteiger partial charge on any atom is -0.339 e. The highest BCUT2D eigenvalue weighted by molar-refractivity contribution is 7.89. The highest BCUT2D eigenvalue weighted by atomic mass is 32.2. The number of hydrogen-bond donors (Lipinski definition) is 2. The van der Waals surface area contributed by atoms with Crippen molar-refractivity contribution in [3.63, 3.8) is 0 Å². The molecule has 25 heavy (non-hydrogen) atoms. The van der Waals surface area contributed by atoms with Crippen LogP contribution in [0.2, 0.25) is 0 Å². The molecule has 0 radical (unpaired) electrons. The summed E-state index contributed by atoms with van der Waals surface area (Å²) < 4.78 is 27.0. The highest BCUT2D eigenvalue weighted by Crippen LogP contribution is 2.30. The second kappa shape index (κ2) is 7.05. The van der Waals surface area contributed by atoms with E-state index in [9.17, 15) is 13.2 Å². The number of piperidine rings is 1. The summed E-state index contributed by atoms with van der Waals surface area (Å²) in [5, 5.41) is 3.58. The standard InChI is InChI=1S/C18H27N3O3S/c1-4-19-25(23,24)16-8-5-12(2)17(11-16)18(22)21(3)15-9-13-6-7-14(10-15)20-13/h5,8,11,13-15,19-20H,4,6-7,9-10H2,1-3H3. The lowest BCUT2D eigenvalue weighted by Crippen LogP contribution is -2.48. The molecule has 1 amide bonds. The fourth-order valence-corrected chi connectivity index (χ4v) is 5.04. The maximum Gasteiger partial charge on any atom is 0.254 e. The van der Waals surface area contributed by atoms with Crippen LogP contribution in [0.4, 0.5) is 0 Å². The van der Waals surface area contributed by atoms with Gasteiger partial charge in [-0.3, -0.25) is 4.79 Å². The fraction of sp³-hybridized carbons (Fsp3) is 0.611. The molecule has 7 heteroatoms. The molecule has 2 aliphatic rings. The van der Waals surface area contributed by atoms with Crippen molar-refractivity contribution in [2.75, 3.05) is 13.6 Å². The zero-order valence-electron chi connectivity index (χ0n) is 15.1. The van der Waals surface area contributed by atoms with Gasteiger partial charge in [-0.15, -0.1) is 0 Å². The van der Waals surface area contributed by atoms with E-state index in [1.54, 1.807) is 24.0 Å². The van der Waals surface area contributed by atoms with Gasteiger partial charge in [-0.1, -0.05) is 13.0 Å². The molecular formula is C18H27N3O3S. The highest BCUT2D eigenvalue weighted by Gasteiger charge is 2.36. The molecule has 2 unspecified atom stereocenters. The van der Waals surface area contributed by atoms with Crippen LogP contribution < -0.4 is 10.0 Å². The number of carbonyl (C=O) groups excluding carboxylic acids is 1. The van der Waals surface area contributed by atoms with E-state index in [4.69, 9.17) is 0 Å². The lowest BCUT2D eigenvalue weighted by molar-refractivity contribution is 0.0680. The van der Waals surface area contributed by atoms with E-state index in [0.29, 0.717) is 24.2 Å². The van der Waals surface area contributed by atoms with Crippen LogP contribution in [-0.4, -0.2) is 50.9 Å². The third kappa shape index (κ3) is 3.73. The van der Waals surface area contributed by atoms with Crippen molar-refractivity contribution in [3.8, 4) is 0 Å². The van der Waals surface area contributed by atoms with Gasteiger partial charge in [-0.25, -0.2) is 13.1 Å². The molecule has 2 fully saturated rings. The second-order valence-corrected chi connectivity index (χ2v) is 8.92. The molecule has 0 aromatic heterocycles. The third-order valence-electron chi connectivity index (χ3n) is 5.40. The van der Waals surface area contributed by atoms with Crippen LogP contribution in [-0.2, 0) is 10.0 Å². The number of carbonyl (C=O) groups is 1. The molecule has 1 aromatic carbocycles. The van der Waals surface area contributed by atoms with Gasteiger partial charge < -0.3 is 10.2 Å². The number of aryl methyl sites for hydroxylation is 1. The summed E-state index contributed by atoms with van der Waals surface area (Å²) in [5.41, 5.74) is 1.26. The summed E-state index contributed by atoms with van der Waals surface area (Å²) in [6.07, 6.45) is 4.29. The Morgan fingerprint density at radius 3 is 2.52 bits per heavy atom. The SMILES string of the molecule is CCNS(=O)(=O)c1ccc(C)c(C(=O)N(C)C2CC3CCC(C2)N3)c1. The summed E-state index contributed by atoms with van der Waals surface area (Å²) in [6.45, 7) is 3.89. The molecule has 0 saturated carbocycles. The van der Waals surface area contributed by atoms with Gasteiger partial charge in [0.1, 0.15) is 0 Å². The second-order valence-electron chi connectivity index (χ2n) is 7.16. The first-order chi connectivity index (χ1) is 11.8. The van der Waals surface area contributed by atoms with Gasteiger partial charge in [0.05, 0.1) is 4.90 Å². The largest absolute Gasteiger partial charge is 0.339 e. The van der Waals surface area contributed by atoms with Crippen LogP contribution in [0, 0.1) is 6.92 Å². The number of fused-ring (bicyclic) bond motifs is 2. The van der Waals surface area contributed by atoms with Gasteiger partial charge in [-0.05, 0) is 50.3 Å². The van der Waals surface area contributed by atoms with Crippen molar-refractivity contribution in [2.24, 2.45) is 0 Å². The average Bonchev–Trinajstić information content (AvgIpc) is 2.91. The lowest BCUT2D eigenvalue weighted by Gasteiger charge is -2.35. The van der Waals surface area contributed by atoms with Crippen molar-refractivity contribution in [3.05, 3.63) is 29.3 Å². The van der Waals surface area contributed by atoms with E-state index < -0.39 is 10.0 Å². The molecular weight excluding hydrogens is 338 g/mol. The van der Waals surface area contributed by atoms with Crippen LogP contribution in [0.1, 0.15) is 48.5 Å². The van der Waals surface area contributed by atoms with Gasteiger partial charge in [0.15, 0.2) is 0 Å². The van der Waals surface area contributed by atoms with Crippen LogP contribution >= 0.6 is 0 Å². The maximum absolute atomic E-state index is 13.0. The first kappa shape index (κ1) is 18.4. The first-order valence-electron chi connectivity index (χ1n) is 8.95. The van der Waals surface area contributed by atoms with Crippen LogP contribution in [0.25, 0.3) is 0 Å². The number of rotatable bonds is 5. The van der Waals surface area contributed by atoms with E-state index in [2.05, 4.69) is 10.0 Å². The monoisotopic (exact) mass is 365 g/mol. The van der Waals surface area contributed by atoms with Gasteiger partial charge in [0.2, 0.25) is 10.0 Å². The van der Waals surface area contributed by atoms with Crippen LogP contribution in [0.3, 0.4) is 0 Å². The number of sulfonamides is 1. The molecule has 2 atom stereocenters. The van der Waals surface area contributed by atoms with Gasteiger partial charge >= 0.3 is 0 Å². The van der Waals surface area contributed by atoms with Crippen molar-refractivity contribution in [1.82, 2.24) is 14.9 Å². The van der Waals surface area contributed by atoms with E-state index in [0.717, 1.165) is 18.4 Å². The number of nitrogens with zero attached hydrogens (tertiary/aromatic N) is 1. The molecule has 2 bridgehead atoms. The Morgan fingerprint density at radius 2 is 1.92 bits per heavy atom. The lowest BCUT2D eigenvalue weighted by atomic mass is 9.97. The quantitative estimate of drug-likeness (QED) is 0.832. The maximum atomic E-state index is 13.0. The molecule has 2 saturated heterocycles. The molecule has 138 valence electrons. The Kier molecular flexibility index (Phi) is 5.18. The third-order valence-corrected chi connectivity index (χ3v) is 6.94. The molecule has 0 aliphatic carbocycles. The topological polar surface area (TPSA) is 78.5 Å². The number of nitrogens with one attached hydrogen (secondary N) is 2. The zero-order chi connectivity index (χ0) is 18.2. The Morgan fingerprint density at radius 1 is 1.28 bits per heavy atom. The molecule has 6 nitrogen and oxygen atoms in total. The number of amides is 1. The Labute approximate surface area is 150 Å². The molecule has 2 aliphatic heterocycles. The summed E-state index contributed by atoms with van der Waals surface area (Å²) >= 11 is 0. The van der Waals surface area contributed by atoms with Crippen molar-refractivity contribution >= 4 is 15.9 Å². The summed E-state index contributed by atoms with van der Waals surface area (Å²) in [4.78, 5) is 15.0. The van der Waals surface area contributed by atoms with Crippen molar-refractivity contribution in [2.45, 2.75) is 62.6 Å². The number of hydrogen-bond acceptors (Lipinski definition) is 4. The molecule has 2 heterocycles. The van der Waals surface area contributed by atoms with E-state index in [1.165, 1.54) is 18.9 Å². The van der Waals surface area contributed by atoms with Crippen LogP contribution in [0.15, 0.2) is 23.1 Å². The normalized spacial score (nSPS) is 25.8. The van der Waals surface area contributed by atoms with E-state index in [-0.39, 0.29) is 16.8 Å². The summed E-state index contributed by atoms with van der Waals surface area (Å²) in [6, 6.07) is 5.97. The molecule has 3 rings (SSSR count). The van der Waals surface area contributed by atoms with Crippen molar-refractivity contribution < 1.29 is 13.2 Å². The minimum absolute atomic E-state index is 0.0997. The Hall–Kier alpha value is -1.44. The first-order valence-corrected chi connectivity index (χ1v) is 10.4. The predicted octanol–water partition coefficient (Wildman–Crippen LogP) is 1.65. The van der Waals surface area contributed by atoms with Gasteiger partial charge in [-0.2, -0.15) is 0 Å². The fourth-order valence-electron chi connectivity index (χ4n) is 3.97. The van der Waals surface area contributed by atoms with E-state index >= 15 is 0 Å². The Bertz CT molecular complexity index is 751. The van der Waals surface area contributed by atoms with Crippen molar-refractivity contribution in [1.29, 1.82) is 0 Å². The molecule has 2 N–H and O–H groups in total. The molecule has 1 aromatic rings. The van der Waals surface area contributed by atoms with Crippen LogP contribution in [0.5, 0.6) is 0 Å². The molecule has 0 spiro atoms. The zero-order valence-corrected chi connectivity index (χ0v) is 15.9. The average molecular weight is 365 g/mol. The number of benzene rings is 1. The van der Waals surface area contributed by atoms with Gasteiger partial charge in [0.25, 0.3) is 5.91 Å².